The number of H-pyrrole nitrogens is 1. The Labute approximate surface area is 189 Å². The van der Waals surface area contributed by atoms with Crippen LogP contribution in [-0.4, -0.2) is 49.5 Å². The smallest absolute Gasteiger partial charge is 0.270 e. The van der Waals surface area contributed by atoms with Crippen LogP contribution in [-0.2, 0) is 24.4 Å². The zero-order chi connectivity index (χ0) is 22.6. The number of nitrogens with zero attached hydrogens (tertiary/aromatic N) is 4. The maximum Gasteiger partial charge on any atom is 0.270 e. The van der Waals surface area contributed by atoms with E-state index in [0.717, 1.165) is 17.8 Å². The fourth-order valence-electron chi connectivity index (χ4n) is 4.57. The van der Waals surface area contributed by atoms with Crippen molar-refractivity contribution >= 4 is 39.9 Å². The van der Waals surface area contributed by atoms with E-state index in [2.05, 4.69) is 10.1 Å². The van der Waals surface area contributed by atoms with Gasteiger partial charge in [-0.25, -0.2) is 4.39 Å². The van der Waals surface area contributed by atoms with E-state index in [9.17, 15) is 9.59 Å². The van der Waals surface area contributed by atoms with Crippen molar-refractivity contribution in [3.8, 4) is 0 Å². The van der Waals surface area contributed by atoms with Crippen LogP contribution in [0.25, 0.3) is 16.5 Å². The number of hydrogen-bond acceptors (Lipinski definition) is 3. The number of fused-ring (bicyclic) bond motifs is 2. The van der Waals surface area contributed by atoms with Crippen molar-refractivity contribution in [2.24, 2.45) is 0 Å². The van der Waals surface area contributed by atoms with Gasteiger partial charge in [0.1, 0.15) is 5.69 Å². The van der Waals surface area contributed by atoms with Gasteiger partial charge in [0.15, 0.2) is 5.82 Å². The zero-order valence-electron chi connectivity index (χ0n) is 17.9. The number of amides is 2. The van der Waals surface area contributed by atoms with Crippen molar-refractivity contribution in [2.45, 2.75) is 39.9 Å². The van der Waals surface area contributed by atoms with Gasteiger partial charge < -0.3 is 14.8 Å². The van der Waals surface area contributed by atoms with E-state index in [1.807, 2.05) is 17.7 Å². The van der Waals surface area contributed by atoms with Gasteiger partial charge in [0, 0.05) is 49.6 Å². The average molecular weight is 456 g/mol. The molecule has 2 aliphatic heterocycles. The third-order valence-corrected chi connectivity index (χ3v) is 6.61. The molecule has 9 heteroatoms. The molecule has 32 heavy (non-hydrogen) atoms. The summed E-state index contributed by atoms with van der Waals surface area (Å²) in [6, 6.07) is 3.19. The average Bonchev–Trinajstić information content (AvgIpc) is 3.50. The second-order valence-electron chi connectivity index (χ2n) is 8.24. The van der Waals surface area contributed by atoms with Crippen LogP contribution in [0.1, 0.15) is 47.6 Å². The van der Waals surface area contributed by atoms with Crippen LogP contribution >= 0.6 is 11.6 Å². The number of nitrogens with one attached hydrogen (secondary N) is 1. The van der Waals surface area contributed by atoms with Gasteiger partial charge in [-0.15, -0.1) is 0 Å². The summed E-state index contributed by atoms with van der Waals surface area (Å²) in [6.45, 7) is 6.14. The molecule has 7 nitrogen and oxygen atoms in total. The van der Waals surface area contributed by atoms with E-state index in [1.54, 1.807) is 28.1 Å². The minimum absolute atomic E-state index is 0.0475. The molecule has 2 aliphatic rings. The van der Waals surface area contributed by atoms with Crippen LogP contribution in [0.4, 0.5) is 4.39 Å². The van der Waals surface area contributed by atoms with Gasteiger partial charge in [0.05, 0.1) is 29.0 Å². The van der Waals surface area contributed by atoms with E-state index >= 15 is 4.39 Å². The lowest BCUT2D eigenvalue weighted by molar-refractivity contribution is -0.128. The quantitative estimate of drug-likeness (QED) is 0.649. The molecule has 4 heterocycles. The minimum atomic E-state index is -0.466. The summed E-state index contributed by atoms with van der Waals surface area (Å²) < 4.78 is 17.4. The maximum absolute atomic E-state index is 15.5. The van der Waals surface area contributed by atoms with E-state index < -0.39 is 5.82 Å². The third-order valence-electron chi connectivity index (χ3n) is 6.30. The van der Waals surface area contributed by atoms with Gasteiger partial charge in [-0.2, -0.15) is 5.10 Å². The van der Waals surface area contributed by atoms with Crippen molar-refractivity contribution in [1.29, 1.82) is 0 Å². The van der Waals surface area contributed by atoms with E-state index in [0.29, 0.717) is 59.8 Å². The van der Waals surface area contributed by atoms with Crippen LogP contribution < -0.4 is 0 Å². The normalized spacial score (nSPS) is 15.9. The zero-order valence-corrected chi connectivity index (χ0v) is 18.7. The fourth-order valence-corrected chi connectivity index (χ4v) is 4.83. The predicted molar refractivity (Wildman–Crippen MR) is 120 cm³/mol. The van der Waals surface area contributed by atoms with Gasteiger partial charge in [-0.1, -0.05) is 17.7 Å². The molecule has 0 aliphatic carbocycles. The highest BCUT2D eigenvalue weighted by molar-refractivity contribution is 6.36. The number of rotatable bonds is 3. The predicted octanol–water partition coefficient (Wildman–Crippen LogP) is 3.97. The summed E-state index contributed by atoms with van der Waals surface area (Å²) >= 11 is 6.49. The molecule has 0 unspecified atom stereocenters. The van der Waals surface area contributed by atoms with Gasteiger partial charge in [-0.05, 0) is 31.1 Å². The van der Waals surface area contributed by atoms with Crippen LogP contribution in [0.2, 0.25) is 5.02 Å². The summed E-state index contributed by atoms with van der Waals surface area (Å²) in [4.78, 5) is 31.3. The topological polar surface area (TPSA) is 74.2 Å². The van der Waals surface area contributed by atoms with Crippen molar-refractivity contribution < 1.29 is 14.0 Å². The summed E-state index contributed by atoms with van der Waals surface area (Å²) in [6.07, 6.45) is 4.39. The summed E-state index contributed by atoms with van der Waals surface area (Å²) in [5, 5.41) is 5.15. The van der Waals surface area contributed by atoms with E-state index in [-0.39, 0.29) is 17.3 Å². The van der Waals surface area contributed by atoms with Crippen molar-refractivity contribution in [2.75, 3.05) is 13.1 Å². The van der Waals surface area contributed by atoms with Gasteiger partial charge >= 0.3 is 0 Å². The van der Waals surface area contributed by atoms with Crippen molar-refractivity contribution in [1.82, 2.24) is 24.6 Å². The lowest BCUT2D eigenvalue weighted by Crippen LogP contribution is -2.33. The van der Waals surface area contributed by atoms with Crippen LogP contribution in [0.5, 0.6) is 0 Å². The number of aryl methyl sites for hydroxylation is 1. The first-order valence-corrected chi connectivity index (χ1v) is 11.0. The summed E-state index contributed by atoms with van der Waals surface area (Å²) in [7, 11) is 0. The molecule has 0 saturated heterocycles. The Bertz CT molecular complexity index is 1290. The highest BCUT2D eigenvalue weighted by Crippen LogP contribution is 2.34. The molecule has 2 amide bonds. The molecular weight excluding hydrogens is 433 g/mol. The second kappa shape index (κ2) is 7.78. The Morgan fingerprint density at radius 1 is 1.22 bits per heavy atom. The molecule has 166 valence electrons. The Hall–Kier alpha value is -3.13. The van der Waals surface area contributed by atoms with Gasteiger partial charge in [-0.3, -0.25) is 14.3 Å². The summed E-state index contributed by atoms with van der Waals surface area (Å²) in [5.41, 5.74) is 3.63. The molecule has 1 aromatic carbocycles. The first kappa shape index (κ1) is 20.8. The first-order valence-electron chi connectivity index (χ1n) is 10.7. The molecule has 0 radical (unpaired) electrons. The number of carbonyl (C=O) groups excluding carboxylic acids is 2. The molecule has 0 fully saturated rings. The maximum atomic E-state index is 15.5. The highest BCUT2D eigenvalue weighted by Gasteiger charge is 2.29. The van der Waals surface area contributed by atoms with Crippen molar-refractivity contribution in [3.63, 3.8) is 0 Å². The van der Waals surface area contributed by atoms with Gasteiger partial charge in [0.25, 0.3) is 5.91 Å². The van der Waals surface area contributed by atoms with Crippen LogP contribution in [0.3, 0.4) is 0 Å². The molecule has 0 saturated carbocycles. The lowest BCUT2D eigenvalue weighted by Gasteiger charge is -2.26. The second-order valence-corrected chi connectivity index (χ2v) is 8.65. The molecule has 1 N–H and O–H groups in total. The Morgan fingerprint density at radius 3 is 2.78 bits per heavy atom. The third kappa shape index (κ3) is 3.30. The first-order chi connectivity index (χ1) is 15.4. The van der Waals surface area contributed by atoms with E-state index in [1.165, 1.54) is 6.92 Å². The van der Waals surface area contributed by atoms with Crippen molar-refractivity contribution in [3.05, 3.63) is 57.8 Å². The van der Waals surface area contributed by atoms with Gasteiger partial charge in [0.2, 0.25) is 5.91 Å². The number of aromatic amines is 1. The van der Waals surface area contributed by atoms with Crippen LogP contribution in [0.15, 0.2) is 24.4 Å². The number of hydrogen-bond donors (Lipinski definition) is 1. The highest BCUT2D eigenvalue weighted by atomic mass is 35.5. The molecule has 5 rings (SSSR count). The standard InChI is InChI=1S/C23H23ClFN5O2/c1-3-30-20-12-29(11-15(20)9-26-30)23(32)19-8-17-18(24)7-16(21(25)22(17)27-19)14-5-4-6-28(10-14)13(2)31/h5,7-9,27H,3-4,6,10-12H2,1-2H3. The van der Waals surface area contributed by atoms with E-state index in [4.69, 9.17) is 11.6 Å². The monoisotopic (exact) mass is 455 g/mol. The van der Waals surface area contributed by atoms with Crippen LogP contribution in [0, 0.1) is 5.82 Å². The molecule has 0 spiro atoms. The Kier molecular flexibility index (Phi) is 5.04. The fraction of sp³-hybridized carbons (Fsp3) is 0.348. The number of benzene rings is 1. The molecule has 0 atom stereocenters. The molecule has 2 aromatic heterocycles. The number of carbonyl (C=O) groups is 2. The largest absolute Gasteiger partial charge is 0.348 e. The number of halogens is 2. The minimum Gasteiger partial charge on any atom is -0.348 e. The SMILES string of the molecule is CCn1ncc2c1CN(C(=O)c1cc3c(Cl)cc(C4=CCCN(C(C)=O)C4)c(F)c3[nH]1)C2. The number of aromatic nitrogens is 3. The molecular formula is C23H23ClFN5O2. The Morgan fingerprint density at radius 2 is 2.03 bits per heavy atom. The molecule has 3 aromatic rings. The molecule has 0 bridgehead atoms. The summed E-state index contributed by atoms with van der Waals surface area (Å²) in [5.74, 6) is -0.725. The Balaban J connectivity index is 1.47. The lowest BCUT2D eigenvalue weighted by atomic mass is 9.99.